The fraction of sp³-hybridized carbons (Fsp3) is 0.500. The first kappa shape index (κ1) is 16.0. The lowest BCUT2D eigenvalue weighted by Crippen LogP contribution is -2.41. The largest absolute Gasteiger partial charge is 0.383 e. The van der Waals surface area contributed by atoms with Gasteiger partial charge in [0, 0.05) is 24.2 Å². The molecule has 0 radical (unpaired) electrons. The van der Waals surface area contributed by atoms with Gasteiger partial charge in [0.25, 0.3) is 0 Å². The van der Waals surface area contributed by atoms with Gasteiger partial charge in [-0.3, -0.25) is 4.79 Å². The standard InChI is InChI=1S/C14H21ClN2O2/c1-10(9-19-3)17-14(18)8-16-11(2)12-6-4-5-7-13(12)15/h4-7,10-11,16H,8-9H2,1-3H3,(H,17,18)/t10?,11-/m0/s1. The van der Waals surface area contributed by atoms with E-state index in [2.05, 4.69) is 10.6 Å². The molecule has 0 saturated heterocycles. The average Bonchev–Trinajstić information content (AvgIpc) is 2.36. The normalized spacial score (nSPS) is 13.9. The van der Waals surface area contributed by atoms with Crippen molar-refractivity contribution in [1.29, 1.82) is 0 Å². The van der Waals surface area contributed by atoms with Crippen molar-refractivity contribution in [3.05, 3.63) is 34.9 Å². The van der Waals surface area contributed by atoms with Gasteiger partial charge in [0.15, 0.2) is 0 Å². The van der Waals surface area contributed by atoms with Crippen molar-refractivity contribution < 1.29 is 9.53 Å². The molecule has 1 aromatic carbocycles. The van der Waals surface area contributed by atoms with E-state index in [1.165, 1.54) is 0 Å². The summed E-state index contributed by atoms with van der Waals surface area (Å²) in [5.74, 6) is -0.0524. The third kappa shape index (κ3) is 5.59. The Morgan fingerprint density at radius 1 is 1.37 bits per heavy atom. The van der Waals surface area contributed by atoms with Gasteiger partial charge >= 0.3 is 0 Å². The van der Waals surface area contributed by atoms with E-state index in [1.54, 1.807) is 7.11 Å². The summed E-state index contributed by atoms with van der Waals surface area (Å²) in [6.07, 6.45) is 0. The first-order valence-electron chi connectivity index (χ1n) is 6.30. The van der Waals surface area contributed by atoms with E-state index in [0.29, 0.717) is 11.6 Å². The number of nitrogens with one attached hydrogen (secondary N) is 2. The summed E-state index contributed by atoms with van der Waals surface area (Å²) >= 11 is 6.10. The molecule has 2 atom stereocenters. The summed E-state index contributed by atoms with van der Waals surface area (Å²) in [5, 5.41) is 6.70. The van der Waals surface area contributed by atoms with Crippen LogP contribution < -0.4 is 10.6 Å². The molecule has 0 saturated carbocycles. The molecule has 0 aliphatic rings. The molecule has 2 N–H and O–H groups in total. The van der Waals surface area contributed by atoms with E-state index >= 15 is 0 Å². The zero-order valence-corrected chi connectivity index (χ0v) is 12.3. The number of benzene rings is 1. The predicted octanol–water partition coefficient (Wildman–Crippen LogP) is 2.14. The van der Waals surface area contributed by atoms with Gasteiger partial charge in [-0.25, -0.2) is 0 Å². The molecule has 106 valence electrons. The maximum atomic E-state index is 11.7. The third-order valence-corrected chi connectivity index (χ3v) is 3.11. The van der Waals surface area contributed by atoms with Crippen molar-refractivity contribution in [2.45, 2.75) is 25.9 Å². The second-order valence-corrected chi connectivity index (χ2v) is 4.96. The minimum Gasteiger partial charge on any atom is -0.383 e. The molecule has 0 aromatic heterocycles. The van der Waals surface area contributed by atoms with E-state index in [4.69, 9.17) is 16.3 Å². The van der Waals surface area contributed by atoms with Crippen LogP contribution in [-0.2, 0) is 9.53 Å². The smallest absolute Gasteiger partial charge is 0.234 e. The lowest BCUT2D eigenvalue weighted by molar-refractivity contribution is -0.121. The lowest BCUT2D eigenvalue weighted by atomic mass is 10.1. The lowest BCUT2D eigenvalue weighted by Gasteiger charge is -2.17. The van der Waals surface area contributed by atoms with Crippen molar-refractivity contribution >= 4 is 17.5 Å². The van der Waals surface area contributed by atoms with Gasteiger partial charge in [0.05, 0.1) is 13.2 Å². The molecule has 19 heavy (non-hydrogen) atoms. The highest BCUT2D eigenvalue weighted by Crippen LogP contribution is 2.21. The molecule has 0 aliphatic carbocycles. The van der Waals surface area contributed by atoms with Crippen molar-refractivity contribution in [3.8, 4) is 0 Å². The van der Waals surface area contributed by atoms with Crippen LogP contribution in [0.25, 0.3) is 0 Å². The minimum atomic E-state index is -0.0524. The minimum absolute atomic E-state index is 0.00918. The van der Waals surface area contributed by atoms with Gasteiger partial charge in [-0.15, -0.1) is 0 Å². The van der Waals surface area contributed by atoms with Crippen LogP contribution in [0, 0.1) is 0 Å². The Morgan fingerprint density at radius 3 is 2.68 bits per heavy atom. The van der Waals surface area contributed by atoms with Gasteiger partial charge in [-0.2, -0.15) is 0 Å². The number of carbonyl (C=O) groups excluding carboxylic acids is 1. The van der Waals surface area contributed by atoms with Gasteiger partial charge in [-0.05, 0) is 25.5 Å². The highest BCUT2D eigenvalue weighted by Gasteiger charge is 2.11. The van der Waals surface area contributed by atoms with E-state index in [-0.39, 0.29) is 24.5 Å². The number of hydrogen-bond acceptors (Lipinski definition) is 3. The summed E-state index contributed by atoms with van der Waals surface area (Å²) in [7, 11) is 1.61. The molecule has 0 aliphatic heterocycles. The third-order valence-electron chi connectivity index (χ3n) is 2.76. The molecule has 0 spiro atoms. The zero-order chi connectivity index (χ0) is 14.3. The van der Waals surface area contributed by atoms with Crippen LogP contribution >= 0.6 is 11.6 Å². The molecular weight excluding hydrogens is 264 g/mol. The van der Waals surface area contributed by atoms with Crippen LogP contribution in [0.4, 0.5) is 0 Å². The number of halogens is 1. The van der Waals surface area contributed by atoms with Crippen molar-refractivity contribution in [3.63, 3.8) is 0 Å². The second-order valence-electron chi connectivity index (χ2n) is 4.55. The highest BCUT2D eigenvalue weighted by atomic mass is 35.5. The fourth-order valence-corrected chi connectivity index (χ4v) is 2.10. The Bertz CT molecular complexity index is 412. The van der Waals surface area contributed by atoms with Crippen molar-refractivity contribution in [2.24, 2.45) is 0 Å². The summed E-state index contributed by atoms with van der Waals surface area (Å²) in [4.78, 5) is 11.7. The number of hydrogen-bond donors (Lipinski definition) is 2. The summed E-state index contributed by atoms with van der Waals surface area (Å²) in [5.41, 5.74) is 0.988. The van der Waals surface area contributed by atoms with Crippen molar-refractivity contribution in [2.75, 3.05) is 20.3 Å². The number of methoxy groups -OCH3 is 1. The summed E-state index contributed by atoms with van der Waals surface area (Å²) < 4.78 is 4.96. The molecular formula is C14H21ClN2O2. The van der Waals surface area contributed by atoms with Gasteiger partial charge < -0.3 is 15.4 Å². The topological polar surface area (TPSA) is 50.4 Å². The van der Waals surface area contributed by atoms with E-state index in [9.17, 15) is 4.79 Å². The summed E-state index contributed by atoms with van der Waals surface area (Å²) in [6.45, 7) is 4.64. The number of ether oxygens (including phenoxy) is 1. The maximum Gasteiger partial charge on any atom is 0.234 e. The van der Waals surface area contributed by atoms with Gasteiger partial charge in [0.1, 0.15) is 0 Å². The first-order chi connectivity index (χ1) is 9.04. The Balaban J connectivity index is 2.40. The van der Waals surface area contributed by atoms with Crippen LogP contribution in [0.15, 0.2) is 24.3 Å². The number of rotatable bonds is 7. The number of amides is 1. The molecule has 0 bridgehead atoms. The van der Waals surface area contributed by atoms with Crippen molar-refractivity contribution in [1.82, 2.24) is 10.6 Å². The molecule has 1 aromatic rings. The monoisotopic (exact) mass is 284 g/mol. The maximum absolute atomic E-state index is 11.7. The Morgan fingerprint density at radius 2 is 2.05 bits per heavy atom. The molecule has 1 rings (SSSR count). The molecule has 5 heteroatoms. The Kier molecular flexibility index (Phi) is 6.84. The predicted molar refractivity (Wildman–Crippen MR) is 77.4 cm³/mol. The van der Waals surface area contributed by atoms with Gasteiger partial charge in [-0.1, -0.05) is 29.8 Å². The molecule has 4 nitrogen and oxygen atoms in total. The molecule has 0 heterocycles. The van der Waals surface area contributed by atoms with Crippen LogP contribution in [0.5, 0.6) is 0 Å². The van der Waals surface area contributed by atoms with E-state index in [1.807, 2.05) is 38.1 Å². The molecule has 0 fully saturated rings. The van der Waals surface area contributed by atoms with Gasteiger partial charge in [0.2, 0.25) is 5.91 Å². The van der Waals surface area contributed by atoms with Crippen LogP contribution in [0.1, 0.15) is 25.5 Å². The highest BCUT2D eigenvalue weighted by molar-refractivity contribution is 6.31. The number of carbonyl (C=O) groups is 1. The molecule has 1 unspecified atom stereocenters. The average molecular weight is 285 g/mol. The van der Waals surface area contributed by atoms with E-state index in [0.717, 1.165) is 5.56 Å². The summed E-state index contributed by atoms with van der Waals surface area (Å²) in [6, 6.07) is 7.64. The quantitative estimate of drug-likeness (QED) is 0.807. The Hall–Kier alpha value is -1.10. The van der Waals surface area contributed by atoms with Crippen LogP contribution in [-0.4, -0.2) is 32.2 Å². The first-order valence-corrected chi connectivity index (χ1v) is 6.68. The molecule has 1 amide bonds. The fourth-order valence-electron chi connectivity index (χ4n) is 1.80. The Labute approximate surface area is 119 Å². The van der Waals surface area contributed by atoms with Crippen LogP contribution in [0.2, 0.25) is 5.02 Å². The van der Waals surface area contributed by atoms with E-state index < -0.39 is 0 Å². The zero-order valence-electron chi connectivity index (χ0n) is 11.6. The van der Waals surface area contributed by atoms with Crippen LogP contribution in [0.3, 0.4) is 0 Å². The SMILES string of the molecule is COCC(C)NC(=O)CN[C@@H](C)c1ccccc1Cl. The second kappa shape index (κ2) is 8.15.